The van der Waals surface area contributed by atoms with Crippen molar-refractivity contribution < 1.29 is 13.6 Å². The number of carbonyl (C=O) groups is 1. The van der Waals surface area contributed by atoms with Crippen molar-refractivity contribution in [3.8, 4) is 0 Å². The number of hydrogen-bond acceptors (Lipinski definition) is 4. The zero-order valence-corrected chi connectivity index (χ0v) is 11.9. The highest BCUT2D eigenvalue weighted by atomic mass is 19.3. The molecule has 0 aromatic carbocycles. The molecule has 1 fully saturated rings. The van der Waals surface area contributed by atoms with Gasteiger partial charge in [-0.15, -0.1) is 0 Å². The molecule has 3 rings (SSSR count). The fraction of sp³-hybridized carbons (Fsp3) is 0.769. The quantitative estimate of drug-likeness (QED) is 0.840. The van der Waals surface area contributed by atoms with E-state index in [2.05, 4.69) is 20.7 Å². The Hall–Kier alpha value is -1.57. The maximum atomic E-state index is 13.1. The lowest BCUT2D eigenvalue weighted by Gasteiger charge is -2.24. The number of halogens is 2. The zero-order valence-electron chi connectivity index (χ0n) is 11.9. The van der Waals surface area contributed by atoms with Crippen molar-refractivity contribution in [2.45, 2.75) is 57.2 Å². The molecular weight excluding hydrogens is 280 g/mol. The standard InChI is InChI=1S/C13H19F2N5O/c1-2-10-18-11-4-3-8(6-20(11)19-10)17-12(21)9-5-13(14,15)7-16-9/h8-9,16H,2-7H2,1H3,(H,17,21). The number of carbonyl (C=O) groups excluding carboxylic acids is 1. The van der Waals surface area contributed by atoms with Crippen molar-refractivity contribution in [3.05, 3.63) is 11.6 Å². The molecule has 2 aliphatic heterocycles. The molecule has 3 heterocycles. The van der Waals surface area contributed by atoms with Crippen LogP contribution in [0.15, 0.2) is 0 Å². The van der Waals surface area contributed by atoms with Crippen LogP contribution in [0.25, 0.3) is 0 Å². The van der Waals surface area contributed by atoms with Crippen LogP contribution in [0.5, 0.6) is 0 Å². The average molecular weight is 299 g/mol. The van der Waals surface area contributed by atoms with Gasteiger partial charge in [-0.05, 0) is 6.42 Å². The minimum absolute atomic E-state index is 0.0765. The Labute approximate surface area is 121 Å². The van der Waals surface area contributed by atoms with E-state index in [9.17, 15) is 13.6 Å². The molecule has 0 spiro atoms. The second-order valence-electron chi connectivity index (χ2n) is 5.72. The maximum Gasteiger partial charge on any atom is 0.262 e. The second kappa shape index (κ2) is 5.32. The molecule has 2 atom stereocenters. The van der Waals surface area contributed by atoms with Crippen LogP contribution in [-0.2, 0) is 24.2 Å². The highest BCUT2D eigenvalue weighted by Gasteiger charge is 2.42. The molecule has 2 N–H and O–H groups in total. The van der Waals surface area contributed by atoms with E-state index in [1.54, 1.807) is 0 Å². The Morgan fingerprint density at radius 1 is 1.57 bits per heavy atom. The number of nitrogens with zero attached hydrogens (tertiary/aromatic N) is 3. The average Bonchev–Trinajstić information content (AvgIpc) is 3.00. The van der Waals surface area contributed by atoms with Gasteiger partial charge >= 0.3 is 0 Å². The third-order valence-corrected chi connectivity index (χ3v) is 3.99. The first-order valence-corrected chi connectivity index (χ1v) is 7.31. The van der Waals surface area contributed by atoms with Gasteiger partial charge in [-0.1, -0.05) is 6.92 Å². The molecule has 1 saturated heterocycles. The summed E-state index contributed by atoms with van der Waals surface area (Å²) < 4.78 is 28.0. The van der Waals surface area contributed by atoms with Gasteiger partial charge in [-0.3, -0.25) is 10.1 Å². The number of nitrogens with one attached hydrogen (secondary N) is 2. The molecule has 8 heteroatoms. The van der Waals surface area contributed by atoms with Gasteiger partial charge < -0.3 is 5.32 Å². The van der Waals surface area contributed by atoms with E-state index in [-0.39, 0.29) is 11.9 Å². The number of aryl methyl sites for hydroxylation is 2. The fourth-order valence-corrected chi connectivity index (χ4v) is 2.83. The van der Waals surface area contributed by atoms with Crippen molar-refractivity contribution in [1.82, 2.24) is 25.4 Å². The summed E-state index contributed by atoms with van der Waals surface area (Å²) in [7, 11) is 0. The van der Waals surface area contributed by atoms with E-state index in [0.717, 1.165) is 30.9 Å². The molecule has 1 amide bonds. The van der Waals surface area contributed by atoms with Gasteiger partial charge in [0.05, 0.1) is 19.1 Å². The monoisotopic (exact) mass is 299 g/mol. The number of rotatable bonds is 3. The summed E-state index contributed by atoms with van der Waals surface area (Å²) in [4.78, 5) is 16.4. The molecule has 21 heavy (non-hydrogen) atoms. The summed E-state index contributed by atoms with van der Waals surface area (Å²) in [6, 6.07) is -0.879. The number of alkyl halides is 2. The van der Waals surface area contributed by atoms with Crippen LogP contribution in [0, 0.1) is 0 Å². The van der Waals surface area contributed by atoms with Crippen LogP contribution < -0.4 is 10.6 Å². The van der Waals surface area contributed by atoms with Crippen molar-refractivity contribution >= 4 is 5.91 Å². The van der Waals surface area contributed by atoms with Gasteiger partial charge in [-0.2, -0.15) is 5.10 Å². The largest absolute Gasteiger partial charge is 0.350 e. The van der Waals surface area contributed by atoms with E-state index in [0.29, 0.717) is 6.54 Å². The van der Waals surface area contributed by atoms with E-state index >= 15 is 0 Å². The lowest BCUT2D eigenvalue weighted by molar-refractivity contribution is -0.124. The molecule has 2 unspecified atom stereocenters. The topological polar surface area (TPSA) is 71.8 Å². The summed E-state index contributed by atoms with van der Waals surface area (Å²) in [6.07, 6.45) is 1.85. The summed E-state index contributed by atoms with van der Waals surface area (Å²) in [5, 5.41) is 9.78. The highest BCUT2D eigenvalue weighted by molar-refractivity contribution is 5.82. The maximum absolute atomic E-state index is 13.1. The highest BCUT2D eigenvalue weighted by Crippen LogP contribution is 2.25. The Balaban J connectivity index is 1.58. The third kappa shape index (κ3) is 3.04. The van der Waals surface area contributed by atoms with Crippen LogP contribution >= 0.6 is 0 Å². The first-order chi connectivity index (χ1) is 9.97. The first kappa shape index (κ1) is 14.4. The minimum atomic E-state index is -2.79. The summed E-state index contributed by atoms with van der Waals surface area (Å²) in [5.41, 5.74) is 0. The van der Waals surface area contributed by atoms with Gasteiger partial charge in [0, 0.05) is 25.3 Å². The second-order valence-corrected chi connectivity index (χ2v) is 5.72. The summed E-state index contributed by atoms with van der Waals surface area (Å²) >= 11 is 0. The van der Waals surface area contributed by atoms with Crippen LogP contribution in [0.3, 0.4) is 0 Å². The van der Waals surface area contributed by atoms with Crippen LogP contribution in [-0.4, -0.2) is 45.2 Å². The number of aromatic nitrogens is 3. The normalized spacial score (nSPS) is 27.4. The van der Waals surface area contributed by atoms with Crippen molar-refractivity contribution in [2.24, 2.45) is 0 Å². The van der Waals surface area contributed by atoms with E-state index in [1.807, 2.05) is 11.6 Å². The lowest BCUT2D eigenvalue weighted by Crippen LogP contribution is -2.48. The molecule has 2 aliphatic rings. The predicted octanol–water partition coefficient (Wildman–Crippen LogP) is 0.269. The van der Waals surface area contributed by atoms with Gasteiger partial charge in [0.1, 0.15) is 5.82 Å². The molecule has 0 saturated carbocycles. The number of amides is 1. The SMILES string of the molecule is CCc1nc2n(n1)CC(NC(=O)C1CC(F)(F)CN1)CC2. The van der Waals surface area contributed by atoms with Crippen LogP contribution in [0.1, 0.15) is 31.4 Å². The molecule has 0 radical (unpaired) electrons. The molecular formula is C13H19F2N5O. The Morgan fingerprint density at radius 3 is 3.05 bits per heavy atom. The van der Waals surface area contributed by atoms with Crippen LogP contribution in [0.4, 0.5) is 8.78 Å². The van der Waals surface area contributed by atoms with E-state index in [4.69, 9.17) is 0 Å². The lowest BCUT2D eigenvalue weighted by atomic mass is 10.1. The smallest absolute Gasteiger partial charge is 0.262 e. The van der Waals surface area contributed by atoms with Crippen molar-refractivity contribution in [1.29, 1.82) is 0 Å². The Bertz CT molecular complexity index is 545. The summed E-state index contributed by atoms with van der Waals surface area (Å²) in [6.45, 7) is 2.12. The number of hydrogen-bond donors (Lipinski definition) is 2. The minimum Gasteiger partial charge on any atom is -0.350 e. The molecule has 1 aromatic rings. The van der Waals surface area contributed by atoms with Crippen LogP contribution in [0.2, 0.25) is 0 Å². The summed E-state index contributed by atoms with van der Waals surface area (Å²) in [5.74, 6) is -1.41. The van der Waals surface area contributed by atoms with Crippen molar-refractivity contribution in [2.75, 3.05) is 6.54 Å². The van der Waals surface area contributed by atoms with Gasteiger partial charge in [0.2, 0.25) is 5.91 Å². The van der Waals surface area contributed by atoms with Crippen molar-refractivity contribution in [3.63, 3.8) is 0 Å². The molecule has 1 aromatic heterocycles. The van der Waals surface area contributed by atoms with Gasteiger partial charge in [-0.25, -0.2) is 18.4 Å². The fourth-order valence-electron chi connectivity index (χ4n) is 2.83. The first-order valence-electron chi connectivity index (χ1n) is 7.31. The Morgan fingerprint density at radius 2 is 2.38 bits per heavy atom. The molecule has 116 valence electrons. The molecule has 0 aliphatic carbocycles. The molecule has 6 nitrogen and oxygen atoms in total. The predicted molar refractivity (Wildman–Crippen MR) is 71.0 cm³/mol. The zero-order chi connectivity index (χ0) is 15.0. The van der Waals surface area contributed by atoms with E-state index < -0.39 is 24.9 Å². The van der Waals surface area contributed by atoms with E-state index in [1.165, 1.54) is 0 Å². The molecule has 0 bridgehead atoms. The van der Waals surface area contributed by atoms with Gasteiger partial charge in [0.15, 0.2) is 5.82 Å². The third-order valence-electron chi connectivity index (χ3n) is 3.99. The Kier molecular flexibility index (Phi) is 3.64. The number of fused-ring (bicyclic) bond motifs is 1. The van der Waals surface area contributed by atoms with Gasteiger partial charge in [0.25, 0.3) is 5.92 Å².